The lowest BCUT2D eigenvalue weighted by molar-refractivity contribution is -0.385. The number of methoxy groups -OCH3 is 2. The quantitative estimate of drug-likeness (QED) is 0.245. The highest BCUT2D eigenvalue weighted by Gasteiger charge is 2.40. The Morgan fingerprint density at radius 2 is 1.57 bits per heavy atom. The average Bonchev–Trinajstić information content (AvgIpc) is 2.92. The molecular weight excluding hydrogens is 478 g/mol. The molecule has 10 heteroatoms. The highest BCUT2D eigenvalue weighted by atomic mass is 16.6. The Bertz CT molecular complexity index is 1280. The molecule has 0 fully saturated rings. The summed E-state index contributed by atoms with van der Waals surface area (Å²) in [5.74, 6) is -1.65. The molecule has 0 radical (unpaired) electrons. The lowest BCUT2D eigenvalue weighted by atomic mass is 9.91. The van der Waals surface area contributed by atoms with E-state index in [-0.39, 0.29) is 12.0 Å². The van der Waals surface area contributed by atoms with E-state index in [1.807, 2.05) is 6.07 Å². The van der Waals surface area contributed by atoms with Gasteiger partial charge in [0.2, 0.25) is 5.91 Å². The van der Waals surface area contributed by atoms with Crippen LogP contribution in [0.1, 0.15) is 28.4 Å². The van der Waals surface area contributed by atoms with E-state index in [1.165, 1.54) is 45.4 Å². The van der Waals surface area contributed by atoms with Crippen molar-refractivity contribution in [3.05, 3.63) is 106 Å². The summed E-state index contributed by atoms with van der Waals surface area (Å²) in [6.07, 6.45) is 0.0684. The lowest BCUT2D eigenvalue weighted by Gasteiger charge is -2.31. The number of carbonyl (C=O) groups excluding carboxylic acids is 3. The molecule has 0 heterocycles. The van der Waals surface area contributed by atoms with Gasteiger partial charge in [-0.15, -0.1) is 0 Å². The molecule has 2 unspecified atom stereocenters. The van der Waals surface area contributed by atoms with E-state index >= 15 is 0 Å². The van der Waals surface area contributed by atoms with Crippen molar-refractivity contribution in [2.24, 2.45) is 0 Å². The number of nitrogens with zero attached hydrogens (tertiary/aromatic N) is 1. The van der Waals surface area contributed by atoms with E-state index in [9.17, 15) is 24.5 Å². The minimum absolute atomic E-state index is 0.0684. The number of esters is 1. The number of nitro benzene ring substituents is 1. The maximum Gasteiger partial charge on any atom is 0.336 e. The minimum atomic E-state index is -1.60. The van der Waals surface area contributed by atoms with Crippen LogP contribution in [0, 0.1) is 10.1 Å². The summed E-state index contributed by atoms with van der Waals surface area (Å²) in [7, 11) is 2.71. The molecule has 3 aromatic carbocycles. The molecule has 0 aromatic heterocycles. The third-order valence-electron chi connectivity index (χ3n) is 5.88. The van der Waals surface area contributed by atoms with Gasteiger partial charge in [-0.25, -0.2) is 4.79 Å². The number of nitro groups is 1. The van der Waals surface area contributed by atoms with Gasteiger partial charge < -0.3 is 20.1 Å². The van der Waals surface area contributed by atoms with Crippen molar-refractivity contribution in [2.75, 3.05) is 14.2 Å². The maximum absolute atomic E-state index is 13.6. The number of hydrogen-bond acceptors (Lipinski definition) is 7. The van der Waals surface area contributed by atoms with Crippen molar-refractivity contribution < 1.29 is 28.8 Å². The van der Waals surface area contributed by atoms with Gasteiger partial charge in [-0.1, -0.05) is 54.6 Å². The van der Waals surface area contributed by atoms with Gasteiger partial charge in [-0.2, -0.15) is 0 Å². The van der Waals surface area contributed by atoms with Crippen LogP contribution in [0.15, 0.2) is 78.9 Å². The van der Waals surface area contributed by atoms with E-state index in [2.05, 4.69) is 10.6 Å². The number of benzene rings is 3. The molecule has 37 heavy (non-hydrogen) atoms. The van der Waals surface area contributed by atoms with Crippen LogP contribution in [0.25, 0.3) is 0 Å². The minimum Gasteiger partial charge on any atom is -0.497 e. The Kier molecular flexibility index (Phi) is 8.57. The molecule has 2 N–H and O–H groups in total. The number of para-hydroxylation sites is 1. The monoisotopic (exact) mass is 505 g/mol. The molecule has 0 aliphatic heterocycles. The summed E-state index contributed by atoms with van der Waals surface area (Å²) >= 11 is 0. The third kappa shape index (κ3) is 6.29. The standard InChI is InChI=1S/C27H27N3O7/c1-27(26(33)37-3,19-13-15-20(36-2)16-14-19)29-25(32)22(17-18-9-5-4-6-10-18)28-24(31)21-11-7-8-12-23(21)30(34)35/h4-16,22H,17H2,1-3H3,(H,28,31)(H,29,32). The number of amides is 2. The molecule has 0 bridgehead atoms. The van der Waals surface area contributed by atoms with Crippen molar-refractivity contribution in [3.63, 3.8) is 0 Å². The zero-order valence-electron chi connectivity index (χ0n) is 20.6. The normalized spacial score (nSPS) is 12.9. The fourth-order valence-corrected chi connectivity index (χ4v) is 3.82. The summed E-state index contributed by atoms with van der Waals surface area (Å²) in [6, 6.07) is 19.7. The second-order valence-corrected chi connectivity index (χ2v) is 8.32. The van der Waals surface area contributed by atoms with Crippen LogP contribution in [-0.4, -0.2) is 43.0 Å². The number of rotatable bonds is 10. The molecule has 0 saturated heterocycles. The van der Waals surface area contributed by atoms with Crippen LogP contribution in [0.2, 0.25) is 0 Å². The molecule has 3 aromatic rings. The lowest BCUT2D eigenvalue weighted by Crippen LogP contribution is -2.57. The first kappa shape index (κ1) is 26.9. The maximum atomic E-state index is 13.6. The molecule has 10 nitrogen and oxygen atoms in total. The Labute approximate surface area is 213 Å². The van der Waals surface area contributed by atoms with Gasteiger partial charge in [-0.05, 0) is 36.2 Å². The van der Waals surface area contributed by atoms with Gasteiger partial charge in [0.05, 0.1) is 19.1 Å². The van der Waals surface area contributed by atoms with Gasteiger partial charge >= 0.3 is 5.97 Å². The highest BCUT2D eigenvalue weighted by molar-refractivity contribution is 6.01. The molecule has 3 rings (SSSR count). The second-order valence-electron chi connectivity index (χ2n) is 8.32. The Balaban J connectivity index is 1.95. The van der Waals surface area contributed by atoms with Crippen LogP contribution in [0.4, 0.5) is 5.69 Å². The van der Waals surface area contributed by atoms with Crippen molar-refractivity contribution in [3.8, 4) is 5.75 Å². The van der Waals surface area contributed by atoms with E-state index < -0.39 is 40.0 Å². The van der Waals surface area contributed by atoms with Crippen LogP contribution < -0.4 is 15.4 Å². The molecule has 0 spiro atoms. The molecule has 2 amide bonds. The molecular formula is C27H27N3O7. The van der Waals surface area contributed by atoms with E-state index in [1.54, 1.807) is 48.5 Å². The number of nitrogens with one attached hydrogen (secondary N) is 2. The number of carbonyl (C=O) groups is 3. The second kappa shape index (κ2) is 11.8. The Hall–Kier alpha value is -4.73. The summed E-state index contributed by atoms with van der Waals surface area (Å²) in [6.45, 7) is 1.49. The topological polar surface area (TPSA) is 137 Å². The zero-order chi connectivity index (χ0) is 27.0. The first-order valence-corrected chi connectivity index (χ1v) is 11.3. The van der Waals surface area contributed by atoms with Crippen LogP contribution in [0.3, 0.4) is 0 Å². The zero-order valence-corrected chi connectivity index (χ0v) is 20.6. The highest BCUT2D eigenvalue weighted by Crippen LogP contribution is 2.25. The first-order valence-electron chi connectivity index (χ1n) is 11.3. The van der Waals surface area contributed by atoms with Crippen LogP contribution in [0.5, 0.6) is 5.75 Å². The first-order chi connectivity index (χ1) is 17.7. The van der Waals surface area contributed by atoms with E-state index in [0.717, 1.165) is 5.56 Å². The smallest absolute Gasteiger partial charge is 0.336 e. The van der Waals surface area contributed by atoms with Crippen molar-refractivity contribution >= 4 is 23.5 Å². The summed E-state index contributed by atoms with van der Waals surface area (Å²) < 4.78 is 10.1. The van der Waals surface area contributed by atoms with Crippen molar-refractivity contribution in [1.29, 1.82) is 0 Å². The fraction of sp³-hybridized carbons (Fsp3) is 0.222. The van der Waals surface area contributed by atoms with Gasteiger partial charge in [0.25, 0.3) is 11.6 Å². The molecule has 2 atom stereocenters. The SMILES string of the molecule is COC(=O)C(C)(NC(=O)C(Cc1ccccc1)NC(=O)c1ccccc1[N+](=O)[O-])c1ccc(OC)cc1. The largest absolute Gasteiger partial charge is 0.497 e. The van der Waals surface area contributed by atoms with Gasteiger partial charge in [-0.3, -0.25) is 19.7 Å². The summed E-state index contributed by atoms with van der Waals surface area (Å²) in [5, 5.41) is 16.7. The number of ether oxygens (including phenoxy) is 2. The molecule has 0 aliphatic carbocycles. The average molecular weight is 506 g/mol. The fourth-order valence-electron chi connectivity index (χ4n) is 3.82. The van der Waals surface area contributed by atoms with Crippen molar-refractivity contribution in [1.82, 2.24) is 10.6 Å². The summed E-state index contributed by atoms with van der Waals surface area (Å²) in [4.78, 5) is 50.2. The van der Waals surface area contributed by atoms with E-state index in [0.29, 0.717) is 11.3 Å². The molecule has 0 saturated carbocycles. The molecule has 192 valence electrons. The van der Waals surface area contributed by atoms with E-state index in [4.69, 9.17) is 9.47 Å². The van der Waals surface area contributed by atoms with Crippen LogP contribution >= 0.6 is 0 Å². The Morgan fingerprint density at radius 3 is 2.16 bits per heavy atom. The Morgan fingerprint density at radius 1 is 0.946 bits per heavy atom. The predicted octanol–water partition coefficient (Wildman–Crippen LogP) is 3.15. The van der Waals surface area contributed by atoms with Crippen LogP contribution in [-0.2, 0) is 26.3 Å². The summed E-state index contributed by atoms with van der Waals surface area (Å²) in [5.41, 5.74) is -1.02. The van der Waals surface area contributed by atoms with Gasteiger partial charge in [0.15, 0.2) is 5.54 Å². The van der Waals surface area contributed by atoms with Crippen molar-refractivity contribution in [2.45, 2.75) is 24.9 Å². The number of hydrogen-bond donors (Lipinski definition) is 2. The molecule has 0 aliphatic rings. The predicted molar refractivity (Wildman–Crippen MR) is 135 cm³/mol. The third-order valence-corrected chi connectivity index (χ3v) is 5.88. The van der Waals surface area contributed by atoms with Gasteiger partial charge in [0.1, 0.15) is 17.4 Å². The van der Waals surface area contributed by atoms with Gasteiger partial charge in [0, 0.05) is 12.5 Å².